The molecule has 0 aliphatic carbocycles. The van der Waals surface area contributed by atoms with Gasteiger partial charge in [0.15, 0.2) is 0 Å². The lowest BCUT2D eigenvalue weighted by Gasteiger charge is -2.43. The number of nitrogens with zero attached hydrogens (tertiary/aromatic N) is 3. The molecule has 4 heteroatoms. The summed E-state index contributed by atoms with van der Waals surface area (Å²) in [5, 5.41) is 0. The van der Waals surface area contributed by atoms with Crippen LogP contribution in [0.15, 0.2) is 170 Å². The number of benzene rings is 6. The molecule has 52 heavy (non-hydrogen) atoms. The standard InChI is InChI=1S/C48H34BN3/c1-31-23-39(29-50-27-31)35-15-11-33(12-16-35)37-19-21-47-43(25-37)41-7-3-5-9-45(41)49-46-10-6-4-8-42(46)44-26-38(20-22-48(44)52(47)49)34-13-17-36(18-14-34)40-24-32(2)28-51-30-40/h3-30H,1-2H3. The van der Waals surface area contributed by atoms with Crippen molar-refractivity contribution >= 4 is 29.1 Å². The molecule has 2 aromatic heterocycles. The van der Waals surface area contributed by atoms with Crippen LogP contribution in [0.1, 0.15) is 11.1 Å². The van der Waals surface area contributed by atoms with Crippen molar-refractivity contribution < 1.29 is 0 Å². The number of hydrogen-bond acceptors (Lipinski definition) is 3. The van der Waals surface area contributed by atoms with Crippen molar-refractivity contribution in [1.29, 1.82) is 0 Å². The predicted molar refractivity (Wildman–Crippen MR) is 218 cm³/mol. The molecule has 0 unspecified atom stereocenters. The summed E-state index contributed by atoms with van der Waals surface area (Å²) >= 11 is 0. The average molecular weight is 664 g/mol. The topological polar surface area (TPSA) is 29.0 Å². The Hall–Kier alpha value is -6.52. The number of fused-ring (bicyclic) bond motifs is 11. The molecule has 0 spiro atoms. The van der Waals surface area contributed by atoms with Gasteiger partial charge in [0.1, 0.15) is 0 Å². The first-order valence-electron chi connectivity index (χ1n) is 17.9. The van der Waals surface area contributed by atoms with E-state index in [-0.39, 0.29) is 6.85 Å². The van der Waals surface area contributed by atoms with Crippen LogP contribution in [-0.2, 0) is 0 Å². The van der Waals surface area contributed by atoms with Crippen LogP contribution >= 0.6 is 0 Å². The minimum Gasteiger partial charge on any atom is -0.376 e. The number of anilines is 2. The van der Waals surface area contributed by atoms with E-state index in [4.69, 9.17) is 0 Å². The monoisotopic (exact) mass is 663 g/mol. The largest absolute Gasteiger partial charge is 0.376 e. The molecule has 0 fully saturated rings. The maximum atomic E-state index is 4.40. The molecule has 244 valence electrons. The molecule has 0 radical (unpaired) electrons. The van der Waals surface area contributed by atoms with Crippen molar-refractivity contribution in [2.75, 3.05) is 4.81 Å². The fraction of sp³-hybridized carbons (Fsp3) is 0.0417. The van der Waals surface area contributed by atoms with Crippen molar-refractivity contribution in [3.8, 4) is 66.8 Å². The molecule has 0 amide bonds. The summed E-state index contributed by atoms with van der Waals surface area (Å²) in [5.74, 6) is 0. The molecule has 4 heterocycles. The maximum Gasteiger partial charge on any atom is 0.329 e. The van der Waals surface area contributed by atoms with E-state index in [2.05, 4.69) is 174 Å². The number of pyridine rings is 2. The molecule has 0 N–H and O–H groups in total. The van der Waals surface area contributed by atoms with Gasteiger partial charge in [0, 0.05) is 58.4 Å². The lowest BCUT2D eigenvalue weighted by molar-refractivity contribution is 1.27. The number of aryl methyl sites for hydroxylation is 2. The van der Waals surface area contributed by atoms with Gasteiger partial charge in [-0.25, -0.2) is 0 Å². The van der Waals surface area contributed by atoms with Crippen molar-refractivity contribution in [3.05, 3.63) is 182 Å². The van der Waals surface area contributed by atoms with E-state index in [0.717, 1.165) is 22.3 Å². The highest BCUT2D eigenvalue weighted by molar-refractivity contribution is 6.92. The van der Waals surface area contributed by atoms with Crippen molar-refractivity contribution in [1.82, 2.24) is 9.97 Å². The minimum absolute atomic E-state index is 0.0774. The summed E-state index contributed by atoms with van der Waals surface area (Å²) in [5.41, 5.74) is 22.0. The molecule has 3 nitrogen and oxygen atoms in total. The van der Waals surface area contributed by atoms with Gasteiger partial charge in [-0.3, -0.25) is 9.97 Å². The highest BCUT2D eigenvalue weighted by atomic mass is 15.1. The van der Waals surface area contributed by atoms with Crippen LogP contribution in [0.25, 0.3) is 66.8 Å². The van der Waals surface area contributed by atoms with E-state index < -0.39 is 0 Å². The molecule has 6 aromatic carbocycles. The lowest BCUT2D eigenvalue weighted by atomic mass is 9.43. The zero-order valence-electron chi connectivity index (χ0n) is 29.1. The first-order chi connectivity index (χ1) is 25.6. The fourth-order valence-electron chi connectivity index (χ4n) is 8.23. The summed E-state index contributed by atoms with van der Waals surface area (Å²) in [6.45, 7) is 4.25. The van der Waals surface area contributed by atoms with Crippen LogP contribution in [0.2, 0.25) is 0 Å². The normalized spacial score (nSPS) is 12.3. The van der Waals surface area contributed by atoms with Gasteiger partial charge in [-0.05, 0) is 117 Å². The van der Waals surface area contributed by atoms with Crippen LogP contribution in [0.4, 0.5) is 11.4 Å². The van der Waals surface area contributed by atoms with Gasteiger partial charge in [-0.2, -0.15) is 0 Å². The summed E-state index contributed by atoms with van der Waals surface area (Å²) in [7, 11) is 0. The average Bonchev–Trinajstić information content (AvgIpc) is 3.20. The van der Waals surface area contributed by atoms with Gasteiger partial charge >= 0.3 is 6.85 Å². The Kier molecular flexibility index (Phi) is 7.04. The smallest absolute Gasteiger partial charge is 0.329 e. The van der Waals surface area contributed by atoms with E-state index in [0.29, 0.717) is 0 Å². The summed E-state index contributed by atoms with van der Waals surface area (Å²) in [4.78, 5) is 11.4. The van der Waals surface area contributed by atoms with Gasteiger partial charge in [0.2, 0.25) is 0 Å². The predicted octanol–water partition coefficient (Wildman–Crippen LogP) is 10.7. The van der Waals surface area contributed by atoms with Gasteiger partial charge in [0.05, 0.1) is 0 Å². The summed E-state index contributed by atoms with van der Waals surface area (Å²) in [6, 6.07) is 54.0. The molecule has 0 saturated heterocycles. The molecular formula is C48H34BN3. The summed E-state index contributed by atoms with van der Waals surface area (Å²) < 4.78 is 0. The van der Waals surface area contributed by atoms with Crippen LogP contribution in [0, 0.1) is 13.8 Å². The molecule has 2 aliphatic heterocycles. The summed E-state index contributed by atoms with van der Waals surface area (Å²) in [6.07, 6.45) is 7.67. The second kappa shape index (κ2) is 12.1. The van der Waals surface area contributed by atoms with Gasteiger partial charge in [-0.15, -0.1) is 0 Å². The molecule has 10 rings (SSSR count). The van der Waals surface area contributed by atoms with E-state index in [1.165, 1.54) is 77.9 Å². The SMILES string of the molecule is Cc1cncc(-c2ccc(-c3ccc4c(c3)-c3ccccc3B3c5ccccc5-c5cc(-c6ccc(-c7cncc(C)c7)cc6)ccc5N34)cc2)c1. The molecule has 8 aromatic rings. The number of aromatic nitrogens is 2. The van der Waals surface area contributed by atoms with E-state index >= 15 is 0 Å². The minimum atomic E-state index is 0.0774. The molecule has 2 aliphatic rings. The fourth-order valence-corrected chi connectivity index (χ4v) is 8.23. The van der Waals surface area contributed by atoms with Crippen molar-refractivity contribution in [3.63, 3.8) is 0 Å². The Labute approximate surface area is 305 Å². The molecule has 0 atom stereocenters. The van der Waals surface area contributed by atoms with Crippen LogP contribution in [0.3, 0.4) is 0 Å². The zero-order chi connectivity index (χ0) is 34.8. The Bertz CT molecular complexity index is 2480. The number of hydrogen-bond donors (Lipinski definition) is 0. The van der Waals surface area contributed by atoms with Gasteiger partial charge in [-0.1, -0.05) is 109 Å². The first kappa shape index (κ1) is 30.3. The molecule has 0 bridgehead atoms. The van der Waals surface area contributed by atoms with Crippen LogP contribution < -0.4 is 15.7 Å². The Morgan fingerprint density at radius 3 is 1.17 bits per heavy atom. The van der Waals surface area contributed by atoms with Gasteiger partial charge in [0.25, 0.3) is 0 Å². The maximum absolute atomic E-state index is 4.40. The highest BCUT2D eigenvalue weighted by Gasteiger charge is 2.42. The third-order valence-corrected chi connectivity index (χ3v) is 10.7. The second-order valence-corrected chi connectivity index (χ2v) is 14.1. The Morgan fingerprint density at radius 2 is 0.750 bits per heavy atom. The lowest BCUT2D eigenvalue weighted by Crippen LogP contribution is -2.59. The Morgan fingerprint density at radius 1 is 0.365 bits per heavy atom. The highest BCUT2D eigenvalue weighted by Crippen LogP contribution is 2.48. The van der Waals surface area contributed by atoms with E-state index in [1.54, 1.807) is 0 Å². The molecular weight excluding hydrogens is 629 g/mol. The van der Waals surface area contributed by atoms with Crippen LogP contribution in [0.5, 0.6) is 0 Å². The van der Waals surface area contributed by atoms with Crippen molar-refractivity contribution in [2.45, 2.75) is 13.8 Å². The van der Waals surface area contributed by atoms with Crippen molar-refractivity contribution in [2.24, 2.45) is 0 Å². The third kappa shape index (κ3) is 4.98. The second-order valence-electron chi connectivity index (χ2n) is 14.1. The van der Waals surface area contributed by atoms with Gasteiger partial charge < -0.3 is 4.81 Å². The van der Waals surface area contributed by atoms with E-state index in [1.807, 2.05) is 24.8 Å². The quantitative estimate of drug-likeness (QED) is 0.176. The number of rotatable bonds is 4. The zero-order valence-corrected chi connectivity index (χ0v) is 29.1. The molecule has 0 saturated carbocycles. The third-order valence-electron chi connectivity index (χ3n) is 10.7. The Balaban J connectivity index is 1.08. The van der Waals surface area contributed by atoms with E-state index in [9.17, 15) is 0 Å². The van der Waals surface area contributed by atoms with Crippen LogP contribution in [-0.4, -0.2) is 16.8 Å². The first-order valence-corrected chi connectivity index (χ1v) is 17.9.